The predicted molar refractivity (Wildman–Crippen MR) is 84.4 cm³/mol. The molecule has 0 radical (unpaired) electrons. The van der Waals surface area contributed by atoms with Crippen LogP contribution in [0.2, 0.25) is 0 Å². The van der Waals surface area contributed by atoms with Crippen LogP contribution >= 0.6 is 11.8 Å². The molecule has 2 aromatic rings. The topological polar surface area (TPSA) is 35.2 Å². The average Bonchev–Trinajstić information content (AvgIpc) is 2.88. The molecule has 1 heterocycles. The third-order valence-corrected chi connectivity index (χ3v) is 4.86. The van der Waals surface area contributed by atoms with Crippen LogP contribution in [0.1, 0.15) is 16.7 Å². The fourth-order valence-corrected chi connectivity index (χ4v) is 3.76. The first-order valence-corrected chi connectivity index (χ1v) is 7.81. The second-order valence-corrected chi connectivity index (χ2v) is 6.52. The number of aryl methyl sites for hydroxylation is 1. The largest absolute Gasteiger partial charge is 0.492 e. The summed E-state index contributed by atoms with van der Waals surface area (Å²) in [5.74, 6) is 0.926. The molecule has 0 spiro atoms. The first-order chi connectivity index (χ1) is 9.76. The van der Waals surface area contributed by atoms with Crippen LogP contribution in [0.15, 0.2) is 47.4 Å². The highest BCUT2D eigenvalue weighted by Crippen LogP contribution is 2.37. The Kier molecular flexibility index (Phi) is 3.99. The monoisotopic (exact) mass is 285 g/mol. The van der Waals surface area contributed by atoms with Crippen molar-refractivity contribution in [3.63, 3.8) is 0 Å². The summed E-state index contributed by atoms with van der Waals surface area (Å²) in [6.07, 6.45) is 1.09. The minimum atomic E-state index is 0.499. The zero-order valence-electron chi connectivity index (χ0n) is 11.6. The van der Waals surface area contributed by atoms with Crippen molar-refractivity contribution in [1.29, 1.82) is 0 Å². The Morgan fingerprint density at radius 1 is 1.25 bits per heavy atom. The van der Waals surface area contributed by atoms with Crippen LogP contribution in [0.4, 0.5) is 0 Å². The SMILES string of the molecule is Cc1ccc(OCC2Cc3ccccc3S2)c(CN)c1. The van der Waals surface area contributed by atoms with Crippen molar-refractivity contribution in [3.8, 4) is 5.75 Å². The summed E-state index contributed by atoms with van der Waals surface area (Å²) >= 11 is 1.92. The third-order valence-electron chi connectivity index (χ3n) is 3.57. The number of hydrogen-bond acceptors (Lipinski definition) is 3. The van der Waals surface area contributed by atoms with E-state index >= 15 is 0 Å². The van der Waals surface area contributed by atoms with E-state index in [-0.39, 0.29) is 0 Å². The van der Waals surface area contributed by atoms with Crippen LogP contribution in [-0.4, -0.2) is 11.9 Å². The molecule has 0 aliphatic carbocycles. The van der Waals surface area contributed by atoms with E-state index in [1.54, 1.807) is 0 Å². The molecular weight excluding hydrogens is 266 g/mol. The Morgan fingerprint density at radius 2 is 2.10 bits per heavy atom. The first-order valence-electron chi connectivity index (χ1n) is 6.93. The Balaban J connectivity index is 1.64. The van der Waals surface area contributed by atoms with Crippen molar-refractivity contribution in [2.75, 3.05) is 6.61 Å². The van der Waals surface area contributed by atoms with Crippen LogP contribution in [0.5, 0.6) is 5.75 Å². The van der Waals surface area contributed by atoms with E-state index in [1.807, 2.05) is 17.8 Å². The fourth-order valence-electron chi connectivity index (χ4n) is 2.54. The summed E-state index contributed by atoms with van der Waals surface area (Å²) < 4.78 is 6.00. The molecule has 104 valence electrons. The van der Waals surface area contributed by atoms with Crippen LogP contribution in [-0.2, 0) is 13.0 Å². The zero-order chi connectivity index (χ0) is 13.9. The van der Waals surface area contributed by atoms with Gasteiger partial charge in [0.05, 0.1) is 0 Å². The van der Waals surface area contributed by atoms with Crippen LogP contribution < -0.4 is 10.5 Å². The van der Waals surface area contributed by atoms with E-state index in [0.29, 0.717) is 11.8 Å². The van der Waals surface area contributed by atoms with Crippen molar-refractivity contribution in [1.82, 2.24) is 0 Å². The van der Waals surface area contributed by atoms with Gasteiger partial charge in [0.25, 0.3) is 0 Å². The van der Waals surface area contributed by atoms with Gasteiger partial charge in [0.15, 0.2) is 0 Å². The number of benzene rings is 2. The number of fused-ring (bicyclic) bond motifs is 1. The Hall–Kier alpha value is -1.45. The molecule has 1 unspecified atom stereocenters. The number of ether oxygens (including phenoxy) is 1. The minimum Gasteiger partial charge on any atom is -0.492 e. The number of nitrogens with two attached hydrogens (primary N) is 1. The highest BCUT2D eigenvalue weighted by molar-refractivity contribution is 8.00. The molecular formula is C17H19NOS. The molecule has 0 fully saturated rings. The molecule has 1 atom stereocenters. The lowest BCUT2D eigenvalue weighted by Crippen LogP contribution is -2.14. The highest BCUT2D eigenvalue weighted by Gasteiger charge is 2.22. The first kappa shape index (κ1) is 13.5. The van der Waals surface area contributed by atoms with E-state index in [9.17, 15) is 0 Å². The van der Waals surface area contributed by atoms with E-state index in [0.717, 1.165) is 24.3 Å². The van der Waals surface area contributed by atoms with Crippen molar-refractivity contribution < 1.29 is 4.74 Å². The molecule has 2 nitrogen and oxygen atoms in total. The van der Waals surface area contributed by atoms with Crippen LogP contribution in [0.3, 0.4) is 0 Å². The van der Waals surface area contributed by atoms with E-state index in [2.05, 4.69) is 43.3 Å². The van der Waals surface area contributed by atoms with Gasteiger partial charge in [-0.25, -0.2) is 0 Å². The zero-order valence-corrected chi connectivity index (χ0v) is 12.5. The Labute approximate surface area is 124 Å². The highest BCUT2D eigenvalue weighted by atomic mass is 32.2. The van der Waals surface area contributed by atoms with Gasteiger partial charge in [0.2, 0.25) is 0 Å². The number of thioether (sulfide) groups is 1. The minimum absolute atomic E-state index is 0.499. The normalized spacial score (nSPS) is 17.0. The van der Waals surface area contributed by atoms with Gasteiger partial charge < -0.3 is 10.5 Å². The molecule has 0 aromatic heterocycles. The lowest BCUT2D eigenvalue weighted by molar-refractivity contribution is 0.314. The van der Waals surface area contributed by atoms with Gasteiger partial charge in [-0.15, -0.1) is 11.8 Å². The van der Waals surface area contributed by atoms with Gasteiger partial charge in [-0.05, 0) is 31.0 Å². The Morgan fingerprint density at radius 3 is 2.90 bits per heavy atom. The molecule has 0 bridgehead atoms. The lowest BCUT2D eigenvalue weighted by Gasteiger charge is -2.14. The van der Waals surface area contributed by atoms with Gasteiger partial charge in [-0.2, -0.15) is 0 Å². The van der Waals surface area contributed by atoms with E-state index in [1.165, 1.54) is 16.0 Å². The summed E-state index contributed by atoms with van der Waals surface area (Å²) in [6.45, 7) is 3.33. The molecule has 2 N–H and O–H groups in total. The summed E-state index contributed by atoms with van der Waals surface area (Å²) in [6, 6.07) is 14.8. The molecule has 0 amide bonds. The molecule has 1 aliphatic heterocycles. The standard InChI is InChI=1S/C17H19NOS/c1-12-6-7-16(14(8-12)10-18)19-11-15-9-13-4-2-3-5-17(13)20-15/h2-8,15H,9-11,18H2,1H3. The summed E-state index contributed by atoms with van der Waals surface area (Å²) in [4.78, 5) is 1.39. The van der Waals surface area contributed by atoms with Crippen LogP contribution in [0.25, 0.3) is 0 Å². The van der Waals surface area contributed by atoms with Crippen LogP contribution in [0, 0.1) is 6.92 Å². The molecule has 0 saturated carbocycles. The van der Waals surface area contributed by atoms with Crippen molar-refractivity contribution in [2.45, 2.75) is 30.0 Å². The van der Waals surface area contributed by atoms with E-state index < -0.39 is 0 Å². The third kappa shape index (κ3) is 2.84. The lowest BCUT2D eigenvalue weighted by atomic mass is 10.1. The second kappa shape index (κ2) is 5.90. The second-order valence-electron chi connectivity index (χ2n) is 5.18. The average molecular weight is 285 g/mol. The summed E-state index contributed by atoms with van der Waals surface area (Å²) in [7, 11) is 0. The summed E-state index contributed by atoms with van der Waals surface area (Å²) in [5, 5.41) is 0.499. The molecule has 1 aliphatic rings. The molecule has 20 heavy (non-hydrogen) atoms. The number of rotatable bonds is 4. The summed E-state index contributed by atoms with van der Waals surface area (Å²) in [5.41, 5.74) is 9.54. The van der Waals surface area contributed by atoms with Gasteiger partial charge in [-0.1, -0.05) is 35.9 Å². The molecule has 3 heteroatoms. The van der Waals surface area contributed by atoms with Crippen molar-refractivity contribution in [3.05, 3.63) is 59.2 Å². The smallest absolute Gasteiger partial charge is 0.123 e. The molecule has 3 rings (SSSR count). The molecule has 2 aromatic carbocycles. The predicted octanol–water partition coefficient (Wildman–Crippen LogP) is 3.55. The van der Waals surface area contributed by atoms with Gasteiger partial charge in [-0.3, -0.25) is 0 Å². The van der Waals surface area contributed by atoms with Gasteiger partial charge >= 0.3 is 0 Å². The maximum absolute atomic E-state index is 6.00. The quantitative estimate of drug-likeness (QED) is 0.933. The van der Waals surface area contributed by atoms with Crippen molar-refractivity contribution in [2.24, 2.45) is 5.73 Å². The van der Waals surface area contributed by atoms with Gasteiger partial charge in [0.1, 0.15) is 12.4 Å². The maximum atomic E-state index is 6.00. The maximum Gasteiger partial charge on any atom is 0.123 e. The Bertz CT molecular complexity index is 587. The molecule has 0 saturated heterocycles. The van der Waals surface area contributed by atoms with Gasteiger partial charge in [0, 0.05) is 22.3 Å². The fraction of sp³-hybridized carbons (Fsp3) is 0.294. The van der Waals surface area contributed by atoms with Crippen molar-refractivity contribution >= 4 is 11.8 Å². The van der Waals surface area contributed by atoms with E-state index in [4.69, 9.17) is 10.5 Å². The number of hydrogen-bond donors (Lipinski definition) is 1.